The molecule has 0 radical (unpaired) electrons. The Morgan fingerprint density at radius 2 is 0.820 bits per heavy atom. The number of rotatable bonds is 49. The van der Waals surface area contributed by atoms with E-state index in [1.165, 1.54) is 111 Å². The summed E-state index contributed by atoms with van der Waals surface area (Å²) in [6, 6.07) is 10.4. The molecule has 23 heteroatoms. The minimum atomic E-state index is -0.869. The topological polar surface area (TPSA) is 207 Å². The Morgan fingerprint density at radius 3 is 1.14 bits per heavy atom. The molecule has 2 saturated heterocycles. The maximum atomic E-state index is 13.2. The number of aliphatic hydroxyl groups is 1. The van der Waals surface area contributed by atoms with Crippen LogP contribution in [0.4, 0.5) is 22.7 Å². The van der Waals surface area contributed by atoms with Crippen LogP contribution in [0, 0.1) is 27.0 Å². The standard InChI is InChI=1S/C27H40N4O4S.C17H19N3O3S.2C11H24O2.C6H13I.C5H12O2/c1-6-7-8-9-16-34-18-19-35-17-14-29-24(32)11-10-15-30-26(36)31(25(33)27(30,3)4)22-12-13-23(28-5)21(2)20-22;1-11-10-12(7-8-13(11)18-4)20-15(23)17(2,3)19(16(20)24)9-5-6-14(21)22;2*1-3-5-6-7-9-13-11-10-12-8-4-2;1-2-3-4-5-6-7;1-2-4-7-5-3-6/h12-13,20H,6-11,14-19H2,1-4H3,(H,29,32);7-8,10H,5-6,9H2,1-3H3,(H,21,22);2*3-11H2,1-2H3;2-6H2,1H3;6H,2-5H2,1H3. The van der Waals surface area contributed by atoms with E-state index in [-0.39, 0.29) is 30.7 Å². The molecule has 2 heterocycles. The number of unbranched alkanes of at least 4 members (excludes halogenated alkanes) is 12. The second-order valence-corrected chi connectivity index (χ2v) is 27.1. The van der Waals surface area contributed by atoms with Gasteiger partial charge in [-0.15, -0.1) is 0 Å². The van der Waals surface area contributed by atoms with Gasteiger partial charge in [0.25, 0.3) is 11.8 Å². The third-order valence-corrected chi connectivity index (χ3v) is 17.3. The summed E-state index contributed by atoms with van der Waals surface area (Å²) < 4.78 is 38.6. The van der Waals surface area contributed by atoms with Crippen LogP contribution in [-0.4, -0.2) is 188 Å². The van der Waals surface area contributed by atoms with Crippen molar-refractivity contribution >= 4 is 104 Å². The summed E-state index contributed by atoms with van der Waals surface area (Å²) in [7, 11) is 0. The van der Waals surface area contributed by atoms with E-state index in [1.54, 1.807) is 49.1 Å². The fourth-order valence-electron chi connectivity index (χ4n) is 9.80. The number of carbonyl (C=O) groups is 4. The molecule has 0 unspecified atom stereocenters. The zero-order valence-electron chi connectivity index (χ0n) is 63.9. The number of aliphatic carboxylic acids is 1. The van der Waals surface area contributed by atoms with E-state index >= 15 is 0 Å². The van der Waals surface area contributed by atoms with Crippen LogP contribution in [0.5, 0.6) is 0 Å². The number of carbonyl (C=O) groups excluding carboxylic acids is 3. The first-order valence-electron chi connectivity index (χ1n) is 37.1. The van der Waals surface area contributed by atoms with E-state index in [9.17, 15) is 19.2 Å². The van der Waals surface area contributed by atoms with Gasteiger partial charge in [-0.2, -0.15) is 0 Å². The smallest absolute Gasteiger partial charge is 0.303 e. The van der Waals surface area contributed by atoms with Crippen LogP contribution in [-0.2, 0) is 52.3 Å². The van der Waals surface area contributed by atoms with Crippen LogP contribution in [0.3, 0.4) is 0 Å². The van der Waals surface area contributed by atoms with Crippen LogP contribution in [0.15, 0.2) is 36.4 Å². The molecule has 2 aromatic rings. The van der Waals surface area contributed by atoms with Crippen molar-refractivity contribution in [3.05, 3.63) is 70.4 Å². The lowest BCUT2D eigenvalue weighted by molar-refractivity contribution is -0.137. The number of benzene rings is 2. The van der Waals surface area contributed by atoms with Crippen molar-refractivity contribution in [1.29, 1.82) is 0 Å². The molecule has 20 nitrogen and oxygen atoms in total. The first kappa shape index (κ1) is 97.5. The van der Waals surface area contributed by atoms with Gasteiger partial charge < -0.3 is 58.5 Å². The Hall–Kier alpha value is -4.51. The van der Waals surface area contributed by atoms with Gasteiger partial charge in [-0.3, -0.25) is 29.0 Å². The highest BCUT2D eigenvalue weighted by Gasteiger charge is 2.50. The normalized spacial score (nSPS) is 13.4. The lowest BCUT2D eigenvalue weighted by atomic mass is 10.0. The number of carboxylic acids is 1. The molecule has 0 aromatic heterocycles. The van der Waals surface area contributed by atoms with Crippen LogP contribution in [0.1, 0.15) is 235 Å². The number of hydrogen-bond donors (Lipinski definition) is 3. The third kappa shape index (κ3) is 44.2. The Kier molecular flexibility index (Phi) is 62.5. The molecule has 0 spiro atoms. The zero-order valence-corrected chi connectivity index (χ0v) is 67.7. The van der Waals surface area contributed by atoms with Gasteiger partial charge in [-0.05, 0) is 164 Å². The second-order valence-electron chi connectivity index (χ2n) is 25.3. The van der Waals surface area contributed by atoms with Crippen molar-refractivity contribution in [3.63, 3.8) is 0 Å². The number of alkyl halides is 1. The lowest BCUT2D eigenvalue weighted by Crippen LogP contribution is -2.44. The van der Waals surface area contributed by atoms with Crippen molar-refractivity contribution in [2.45, 2.75) is 249 Å². The number of carboxylic acid groups (broad SMARTS) is 1. The van der Waals surface area contributed by atoms with Crippen molar-refractivity contribution in [1.82, 2.24) is 15.1 Å². The molecule has 2 aliphatic heterocycles. The minimum Gasteiger partial charge on any atom is -0.481 e. The molecule has 100 heavy (non-hydrogen) atoms. The number of halogens is 1. The van der Waals surface area contributed by atoms with E-state index < -0.39 is 17.0 Å². The number of amides is 3. The Labute approximate surface area is 629 Å². The maximum absolute atomic E-state index is 13.2. The van der Waals surface area contributed by atoms with Crippen molar-refractivity contribution in [2.75, 3.05) is 133 Å². The Morgan fingerprint density at radius 1 is 0.480 bits per heavy atom. The molecule has 0 bridgehead atoms. The van der Waals surface area contributed by atoms with Crippen molar-refractivity contribution in [3.8, 4) is 0 Å². The van der Waals surface area contributed by atoms with E-state index in [1.807, 2.05) is 45.6 Å². The molecular formula is C77H132IN7O13S2. The number of anilines is 2. The average molecular weight is 1550 g/mol. The number of thiocarbonyl (C=S) groups is 2. The van der Waals surface area contributed by atoms with E-state index in [0.29, 0.717) is 98.3 Å². The summed E-state index contributed by atoms with van der Waals surface area (Å²) in [5.41, 5.74) is 2.30. The second kappa shape index (κ2) is 64.1. The number of hydrogen-bond acceptors (Lipinski definition) is 14. The number of nitrogens with one attached hydrogen (secondary N) is 1. The number of ether oxygens (including phenoxy) is 7. The highest BCUT2D eigenvalue weighted by Crippen LogP contribution is 2.36. The molecule has 572 valence electrons. The fraction of sp³-hybridized carbons (Fsp3) is 0.740. The van der Waals surface area contributed by atoms with Crippen molar-refractivity contribution < 1.29 is 62.5 Å². The highest BCUT2D eigenvalue weighted by atomic mass is 127. The lowest BCUT2D eigenvalue weighted by Gasteiger charge is -2.29. The molecule has 3 amide bonds. The Balaban J connectivity index is 0. The molecule has 0 atom stereocenters. The van der Waals surface area contributed by atoms with Crippen LogP contribution in [0.25, 0.3) is 9.69 Å². The first-order chi connectivity index (χ1) is 48.1. The fourth-order valence-corrected chi connectivity index (χ4v) is 11.4. The van der Waals surface area contributed by atoms with E-state index in [4.69, 9.17) is 81.0 Å². The summed E-state index contributed by atoms with van der Waals surface area (Å²) in [4.78, 5) is 62.5. The summed E-state index contributed by atoms with van der Waals surface area (Å²) in [5.74, 6) is -1.19. The van der Waals surface area contributed by atoms with Gasteiger partial charge in [0, 0.05) is 83.5 Å². The highest BCUT2D eigenvalue weighted by molar-refractivity contribution is 14.1. The number of aryl methyl sites for hydroxylation is 2. The van der Waals surface area contributed by atoms with Gasteiger partial charge in [0.1, 0.15) is 11.1 Å². The predicted octanol–water partition coefficient (Wildman–Crippen LogP) is 17.3. The van der Waals surface area contributed by atoms with Gasteiger partial charge in [0.2, 0.25) is 5.91 Å². The third-order valence-electron chi connectivity index (χ3n) is 15.7. The molecule has 0 saturated carbocycles. The molecular weight excluding hydrogens is 1420 g/mol. The zero-order chi connectivity index (χ0) is 75.2. The van der Waals surface area contributed by atoms with Crippen molar-refractivity contribution in [2.24, 2.45) is 0 Å². The molecule has 0 aliphatic carbocycles. The molecule has 3 N–H and O–H groups in total. The minimum absolute atomic E-state index is 0.0300. The summed E-state index contributed by atoms with van der Waals surface area (Å²) in [6.45, 7) is 52.0. The van der Waals surface area contributed by atoms with Gasteiger partial charge in [-0.25, -0.2) is 9.69 Å². The first-order valence-corrected chi connectivity index (χ1v) is 39.4. The molecule has 2 aliphatic rings. The monoisotopic (exact) mass is 1550 g/mol. The van der Waals surface area contributed by atoms with Gasteiger partial charge in [-0.1, -0.05) is 160 Å². The number of nitrogens with zero attached hydrogens (tertiary/aromatic N) is 6. The molecule has 4 rings (SSSR count). The maximum Gasteiger partial charge on any atom is 0.303 e. The average Bonchev–Trinajstić information content (AvgIpc) is 1.61. The van der Waals surface area contributed by atoms with Crippen LogP contribution < -0.4 is 15.1 Å². The summed E-state index contributed by atoms with van der Waals surface area (Å²) >= 11 is 13.6. The summed E-state index contributed by atoms with van der Waals surface area (Å²) in [6.07, 6.45) is 25.2. The van der Waals surface area contributed by atoms with Crippen LogP contribution in [0.2, 0.25) is 0 Å². The van der Waals surface area contributed by atoms with Gasteiger partial charge in [0.15, 0.2) is 21.6 Å². The van der Waals surface area contributed by atoms with E-state index in [0.717, 1.165) is 103 Å². The quantitative estimate of drug-likeness (QED) is 0.0185. The Bertz CT molecular complexity index is 2510. The number of aliphatic hydroxyl groups excluding tert-OH is 1. The SMILES string of the molecule is CCCCCCI.CCCCCCOCCOCCC.CCCCCCOCCOCCC.CCCOCCO.[C-]#[N+]c1ccc(N2C(=O)C(C)(C)N(CCCC(=O)NCCOCCOCCCCCC)C2=S)cc1C.[C-]#[N+]c1ccc(N2C(=O)C(C)(C)N(CCCC(=O)O)C2=S)cc1C. The summed E-state index contributed by atoms with van der Waals surface area (Å²) in [5, 5.41) is 20.6. The molecule has 2 fully saturated rings. The van der Waals surface area contributed by atoms with Crippen LogP contribution >= 0.6 is 47.0 Å². The molecule has 2 aromatic carbocycles. The largest absolute Gasteiger partial charge is 0.481 e. The van der Waals surface area contributed by atoms with E-state index in [2.05, 4.69) is 79.1 Å². The predicted molar refractivity (Wildman–Crippen MR) is 425 cm³/mol. The van der Waals surface area contributed by atoms with Gasteiger partial charge in [0.05, 0.1) is 72.6 Å². The van der Waals surface area contributed by atoms with Gasteiger partial charge >= 0.3 is 5.97 Å².